The van der Waals surface area contributed by atoms with Gasteiger partial charge in [0, 0.05) is 0 Å². The van der Waals surface area contributed by atoms with Crippen molar-refractivity contribution in [2.45, 2.75) is 19.9 Å². The highest BCUT2D eigenvalue weighted by Gasteiger charge is 2.11. The highest BCUT2D eigenvalue weighted by Crippen LogP contribution is 2.23. The molecule has 0 saturated carbocycles. The lowest BCUT2D eigenvalue weighted by atomic mass is 9.95. The molecule has 0 aliphatic heterocycles. The van der Waals surface area contributed by atoms with Gasteiger partial charge in [0.05, 0.1) is 6.04 Å². The van der Waals surface area contributed by atoms with E-state index in [-0.39, 0.29) is 11.9 Å². The molecule has 88 valence electrons. The summed E-state index contributed by atoms with van der Waals surface area (Å²) in [5.74, 6) is -0.235. The number of benzene rings is 2. The molecule has 0 fully saturated rings. The predicted molar refractivity (Wildman–Crippen MR) is 68.3 cm³/mol. The van der Waals surface area contributed by atoms with Crippen molar-refractivity contribution < 1.29 is 4.39 Å². The van der Waals surface area contributed by atoms with Gasteiger partial charge in [0.2, 0.25) is 0 Å². The zero-order chi connectivity index (χ0) is 12.4. The number of rotatable bonds is 2. The molecule has 0 aromatic heterocycles. The van der Waals surface area contributed by atoms with E-state index >= 15 is 0 Å². The molecular formula is C15H16FN. The van der Waals surface area contributed by atoms with E-state index in [1.165, 1.54) is 23.3 Å². The summed E-state index contributed by atoms with van der Waals surface area (Å²) in [7, 11) is 0. The van der Waals surface area contributed by atoms with Crippen LogP contribution in [0.15, 0.2) is 42.5 Å². The molecule has 2 N–H and O–H groups in total. The summed E-state index contributed by atoms with van der Waals surface area (Å²) in [6, 6.07) is 12.4. The zero-order valence-electron chi connectivity index (χ0n) is 10.1. The maximum Gasteiger partial charge on any atom is 0.123 e. The number of aryl methyl sites for hydroxylation is 2. The van der Waals surface area contributed by atoms with Crippen LogP contribution in [0.5, 0.6) is 0 Å². The van der Waals surface area contributed by atoms with E-state index in [9.17, 15) is 4.39 Å². The smallest absolute Gasteiger partial charge is 0.123 e. The first kappa shape index (κ1) is 11.8. The summed E-state index contributed by atoms with van der Waals surface area (Å²) < 4.78 is 12.8. The summed E-state index contributed by atoms with van der Waals surface area (Å²) in [6.07, 6.45) is 0. The second-order valence-electron chi connectivity index (χ2n) is 4.39. The maximum atomic E-state index is 12.8. The van der Waals surface area contributed by atoms with Crippen LogP contribution in [0.2, 0.25) is 0 Å². The van der Waals surface area contributed by atoms with Crippen molar-refractivity contribution in [1.29, 1.82) is 0 Å². The molecule has 0 amide bonds. The van der Waals surface area contributed by atoms with E-state index in [1.54, 1.807) is 12.1 Å². The lowest BCUT2D eigenvalue weighted by Crippen LogP contribution is -2.13. The van der Waals surface area contributed by atoms with Gasteiger partial charge in [0.1, 0.15) is 5.82 Å². The highest BCUT2D eigenvalue weighted by atomic mass is 19.1. The molecule has 2 aromatic carbocycles. The van der Waals surface area contributed by atoms with Crippen molar-refractivity contribution in [3.05, 3.63) is 70.5 Å². The fourth-order valence-corrected chi connectivity index (χ4v) is 2.02. The Kier molecular flexibility index (Phi) is 3.25. The molecular weight excluding hydrogens is 213 g/mol. The minimum atomic E-state index is -0.235. The number of hydrogen-bond donors (Lipinski definition) is 1. The lowest BCUT2D eigenvalue weighted by molar-refractivity contribution is 0.626. The molecule has 0 saturated heterocycles. The van der Waals surface area contributed by atoms with Gasteiger partial charge in [-0.05, 0) is 42.7 Å². The normalized spacial score (nSPS) is 12.5. The number of halogens is 1. The number of nitrogens with two attached hydrogens (primary N) is 1. The Morgan fingerprint density at radius 1 is 1.00 bits per heavy atom. The SMILES string of the molecule is Cc1ccc(C(N)c2ccc(F)cc2)c(C)c1. The van der Waals surface area contributed by atoms with Gasteiger partial charge in [-0.15, -0.1) is 0 Å². The Morgan fingerprint density at radius 3 is 2.24 bits per heavy atom. The molecule has 2 rings (SSSR count). The molecule has 0 heterocycles. The molecule has 0 aliphatic carbocycles. The standard InChI is InChI=1S/C15H16FN/c1-10-3-8-14(11(2)9-10)15(17)12-4-6-13(16)7-5-12/h3-9,15H,17H2,1-2H3. The third-order valence-corrected chi connectivity index (χ3v) is 2.99. The lowest BCUT2D eigenvalue weighted by Gasteiger charge is -2.15. The van der Waals surface area contributed by atoms with Gasteiger partial charge >= 0.3 is 0 Å². The molecule has 1 atom stereocenters. The van der Waals surface area contributed by atoms with E-state index in [0.29, 0.717) is 0 Å². The van der Waals surface area contributed by atoms with E-state index in [4.69, 9.17) is 5.73 Å². The third kappa shape index (κ3) is 2.53. The second kappa shape index (κ2) is 4.68. The van der Waals surface area contributed by atoms with E-state index in [2.05, 4.69) is 13.0 Å². The van der Waals surface area contributed by atoms with Gasteiger partial charge in [-0.25, -0.2) is 4.39 Å². The molecule has 0 radical (unpaired) electrons. The molecule has 2 aromatic rings. The van der Waals surface area contributed by atoms with Crippen LogP contribution in [-0.4, -0.2) is 0 Å². The number of hydrogen-bond acceptors (Lipinski definition) is 1. The van der Waals surface area contributed by atoms with Gasteiger partial charge in [-0.3, -0.25) is 0 Å². The molecule has 0 aliphatic rings. The molecule has 0 spiro atoms. The van der Waals surface area contributed by atoms with Gasteiger partial charge in [-0.1, -0.05) is 35.9 Å². The van der Waals surface area contributed by atoms with Crippen LogP contribution in [0.3, 0.4) is 0 Å². The topological polar surface area (TPSA) is 26.0 Å². The Labute approximate surface area is 101 Å². The van der Waals surface area contributed by atoms with Crippen molar-refractivity contribution in [1.82, 2.24) is 0 Å². The maximum absolute atomic E-state index is 12.8. The minimum absolute atomic E-state index is 0.198. The summed E-state index contributed by atoms with van der Waals surface area (Å²) in [5, 5.41) is 0. The van der Waals surface area contributed by atoms with Crippen LogP contribution >= 0.6 is 0 Å². The van der Waals surface area contributed by atoms with Crippen molar-refractivity contribution in [2.75, 3.05) is 0 Å². The minimum Gasteiger partial charge on any atom is -0.320 e. The van der Waals surface area contributed by atoms with Crippen LogP contribution in [0.4, 0.5) is 4.39 Å². The predicted octanol–water partition coefficient (Wildman–Crippen LogP) is 3.49. The molecule has 2 heteroatoms. The molecule has 1 unspecified atom stereocenters. The largest absolute Gasteiger partial charge is 0.320 e. The summed E-state index contributed by atoms with van der Waals surface area (Å²) >= 11 is 0. The van der Waals surface area contributed by atoms with Gasteiger partial charge in [0.25, 0.3) is 0 Å². The van der Waals surface area contributed by atoms with Crippen LogP contribution in [0.25, 0.3) is 0 Å². The van der Waals surface area contributed by atoms with Crippen LogP contribution in [0.1, 0.15) is 28.3 Å². The Bertz CT molecular complexity index is 517. The summed E-state index contributed by atoms with van der Waals surface area (Å²) in [4.78, 5) is 0. The average molecular weight is 229 g/mol. The first-order chi connectivity index (χ1) is 8.08. The first-order valence-corrected chi connectivity index (χ1v) is 5.66. The Hall–Kier alpha value is -1.67. The Morgan fingerprint density at radius 2 is 1.65 bits per heavy atom. The third-order valence-electron chi connectivity index (χ3n) is 2.99. The highest BCUT2D eigenvalue weighted by molar-refractivity contribution is 5.38. The summed E-state index contributed by atoms with van der Waals surface area (Å²) in [5.41, 5.74) is 10.6. The van der Waals surface area contributed by atoms with Crippen molar-refractivity contribution >= 4 is 0 Å². The van der Waals surface area contributed by atoms with Gasteiger partial charge in [0.15, 0.2) is 0 Å². The van der Waals surface area contributed by atoms with Crippen LogP contribution < -0.4 is 5.73 Å². The van der Waals surface area contributed by atoms with Crippen molar-refractivity contribution in [2.24, 2.45) is 5.73 Å². The van der Waals surface area contributed by atoms with Gasteiger partial charge < -0.3 is 5.73 Å². The fraction of sp³-hybridized carbons (Fsp3) is 0.200. The average Bonchev–Trinajstić information content (AvgIpc) is 2.29. The van der Waals surface area contributed by atoms with E-state index in [0.717, 1.165) is 11.1 Å². The van der Waals surface area contributed by atoms with Gasteiger partial charge in [-0.2, -0.15) is 0 Å². The first-order valence-electron chi connectivity index (χ1n) is 5.66. The zero-order valence-corrected chi connectivity index (χ0v) is 10.1. The van der Waals surface area contributed by atoms with E-state index in [1.807, 2.05) is 19.1 Å². The molecule has 0 bridgehead atoms. The second-order valence-corrected chi connectivity index (χ2v) is 4.39. The summed E-state index contributed by atoms with van der Waals surface area (Å²) in [6.45, 7) is 4.10. The molecule has 1 nitrogen and oxygen atoms in total. The van der Waals surface area contributed by atoms with E-state index < -0.39 is 0 Å². The van der Waals surface area contributed by atoms with Crippen LogP contribution in [0, 0.1) is 19.7 Å². The van der Waals surface area contributed by atoms with Crippen molar-refractivity contribution in [3.63, 3.8) is 0 Å². The van der Waals surface area contributed by atoms with Crippen LogP contribution in [-0.2, 0) is 0 Å². The monoisotopic (exact) mass is 229 g/mol. The fourth-order valence-electron chi connectivity index (χ4n) is 2.02. The van der Waals surface area contributed by atoms with Crippen molar-refractivity contribution in [3.8, 4) is 0 Å². The molecule has 17 heavy (non-hydrogen) atoms. The quantitative estimate of drug-likeness (QED) is 0.838. The Balaban J connectivity index is 2.36.